The molecule has 0 aromatic rings. The van der Waals surface area contributed by atoms with E-state index in [2.05, 4.69) is 22.9 Å². The van der Waals surface area contributed by atoms with Gasteiger partial charge < -0.3 is 10.6 Å². The van der Waals surface area contributed by atoms with Crippen LogP contribution >= 0.6 is 0 Å². The second kappa shape index (κ2) is 15.5. The normalized spacial score (nSPS) is 41.5. The van der Waals surface area contributed by atoms with Gasteiger partial charge in [0.2, 0.25) is 5.91 Å². The van der Waals surface area contributed by atoms with Crippen LogP contribution in [0.15, 0.2) is 0 Å². The Labute approximate surface area is 270 Å². The van der Waals surface area contributed by atoms with Crippen molar-refractivity contribution in [1.82, 2.24) is 16.0 Å². The Morgan fingerprint density at radius 3 is 2.07 bits per heavy atom. The van der Waals surface area contributed by atoms with E-state index in [0.717, 1.165) is 31.1 Å². The van der Waals surface area contributed by atoms with E-state index >= 15 is 4.39 Å². The van der Waals surface area contributed by atoms with Crippen LogP contribution in [0.5, 0.6) is 0 Å². The van der Waals surface area contributed by atoms with Crippen LogP contribution in [0.4, 0.5) is 4.39 Å². The third kappa shape index (κ3) is 7.55. The summed E-state index contributed by atoms with van der Waals surface area (Å²) in [5, 5.41) is 11.6. The van der Waals surface area contributed by atoms with E-state index in [9.17, 15) is 4.79 Å². The van der Waals surface area contributed by atoms with Crippen LogP contribution in [0.1, 0.15) is 174 Å². The molecule has 4 aliphatic carbocycles. The number of rotatable bonds is 4. The lowest BCUT2D eigenvalue weighted by Gasteiger charge is -2.51. The Bertz CT molecular complexity index is 892. The van der Waals surface area contributed by atoms with E-state index in [1.54, 1.807) is 0 Å². The minimum absolute atomic E-state index is 0.00458. The first-order chi connectivity index (χ1) is 21.5. The molecule has 0 radical (unpaired) electrons. The molecule has 2 aliphatic heterocycles. The lowest BCUT2D eigenvalue weighted by atomic mass is 9.59. The Hall–Kier alpha value is -0.680. The second-order valence-corrected chi connectivity index (χ2v) is 16.9. The topological polar surface area (TPSA) is 53.2 Å². The molecule has 1 amide bonds. The highest BCUT2D eigenvalue weighted by Crippen LogP contribution is 2.53. The fourth-order valence-corrected chi connectivity index (χ4v) is 11.8. The molecule has 0 bridgehead atoms. The van der Waals surface area contributed by atoms with Gasteiger partial charge in [0.1, 0.15) is 6.17 Å². The summed E-state index contributed by atoms with van der Waals surface area (Å²) in [5.41, 5.74) is 0.169. The van der Waals surface area contributed by atoms with Crippen LogP contribution < -0.4 is 16.0 Å². The molecule has 4 nitrogen and oxygen atoms in total. The van der Waals surface area contributed by atoms with Gasteiger partial charge in [-0.3, -0.25) is 10.1 Å². The summed E-state index contributed by atoms with van der Waals surface area (Å²) in [5.74, 6) is 2.66. The van der Waals surface area contributed by atoms with Gasteiger partial charge in [-0.05, 0) is 101 Å². The first-order valence-electron chi connectivity index (χ1n) is 20.0. The van der Waals surface area contributed by atoms with Crippen LogP contribution in [0.2, 0.25) is 0 Å². The summed E-state index contributed by atoms with van der Waals surface area (Å²) in [6, 6.07) is 0.0666. The van der Waals surface area contributed by atoms with Gasteiger partial charge in [0.15, 0.2) is 0 Å². The van der Waals surface area contributed by atoms with Gasteiger partial charge in [-0.2, -0.15) is 0 Å². The Kier molecular flexibility index (Phi) is 11.7. The van der Waals surface area contributed by atoms with E-state index in [1.165, 1.54) is 141 Å². The number of alkyl halides is 1. The minimum Gasteiger partial charge on any atom is -0.352 e. The molecule has 1 spiro atoms. The fraction of sp³-hybridized carbons (Fsp3) is 0.974. The van der Waals surface area contributed by atoms with E-state index < -0.39 is 6.17 Å². The number of nitrogens with one attached hydrogen (secondary N) is 3. The Balaban J connectivity index is 1.09. The summed E-state index contributed by atoms with van der Waals surface area (Å²) >= 11 is 0. The third-order valence-corrected chi connectivity index (χ3v) is 14.2. The van der Waals surface area contributed by atoms with E-state index in [0.29, 0.717) is 36.3 Å². The summed E-state index contributed by atoms with van der Waals surface area (Å²) in [4.78, 5) is 14.0. The molecular formula is C39H68FN3O. The molecule has 6 unspecified atom stereocenters. The van der Waals surface area contributed by atoms with Crippen molar-refractivity contribution < 1.29 is 9.18 Å². The second-order valence-electron chi connectivity index (χ2n) is 16.9. The number of carbonyl (C=O) groups excluding carboxylic acids is 1. The van der Waals surface area contributed by atoms with Gasteiger partial charge in [-0.15, -0.1) is 0 Å². The molecule has 252 valence electrons. The van der Waals surface area contributed by atoms with Gasteiger partial charge in [0, 0.05) is 23.0 Å². The quantitative estimate of drug-likeness (QED) is 0.296. The first kappa shape index (κ1) is 33.2. The largest absolute Gasteiger partial charge is 0.352 e. The molecule has 6 fully saturated rings. The van der Waals surface area contributed by atoms with Crippen LogP contribution in [0, 0.1) is 29.6 Å². The van der Waals surface area contributed by atoms with Gasteiger partial charge in [-0.1, -0.05) is 103 Å². The van der Waals surface area contributed by atoms with Crippen LogP contribution in [-0.2, 0) is 4.79 Å². The maximum absolute atomic E-state index is 15.8. The van der Waals surface area contributed by atoms with Crippen molar-refractivity contribution in [2.24, 2.45) is 29.6 Å². The van der Waals surface area contributed by atoms with Gasteiger partial charge in [0.05, 0.1) is 6.04 Å². The highest BCUT2D eigenvalue weighted by Gasteiger charge is 2.60. The number of hydrogen-bond donors (Lipinski definition) is 3. The Morgan fingerprint density at radius 1 is 0.705 bits per heavy atom. The minimum atomic E-state index is -0.766. The van der Waals surface area contributed by atoms with Gasteiger partial charge in [-0.25, -0.2) is 4.39 Å². The SMILES string of the molecule is CC1CCC(F)C2CC(C(=O)N[C@H]3CCC[C@@H](C4CCNC5(CCCCCCCCC5)C4)C3)NC12C1CCCCCCCC1. The fourth-order valence-electron chi connectivity index (χ4n) is 11.8. The lowest BCUT2D eigenvalue weighted by molar-refractivity contribution is -0.124. The lowest BCUT2D eigenvalue weighted by Crippen LogP contribution is -2.62. The average Bonchev–Trinajstić information content (AvgIpc) is 3.51. The predicted octanol–water partition coefficient (Wildman–Crippen LogP) is 9.16. The summed E-state index contributed by atoms with van der Waals surface area (Å²) in [7, 11) is 0. The molecule has 4 saturated carbocycles. The summed E-state index contributed by atoms with van der Waals surface area (Å²) in [6.07, 6.45) is 31.9. The van der Waals surface area contributed by atoms with Crippen LogP contribution in [-0.4, -0.2) is 41.8 Å². The third-order valence-electron chi connectivity index (χ3n) is 14.2. The Morgan fingerprint density at radius 2 is 1.36 bits per heavy atom. The summed E-state index contributed by atoms with van der Waals surface area (Å²) in [6.45, 7) is 3.55. The zero-order valence-corrected chi connectivity index (χ0v) is 28.5. The zero-order chi connectivity index (χ0) is 30.4. The first-order valence-corrected chi connectivity index (χ1v) is 20.0. The average molecular weight is 614 g/mol. The van der Waals surface area contributed by atoms with Crippen LogP contribution in [0.3, 0.4) is 0 Å². The van der Waals surface area contributed by atoms with Crippen LogP contribution in [0.25, 0.3) is 0 Å². The highest BCUT2D eigenvalue weighted by molar-refractivity contribution is 5.82. The van der Waals surface area contributed by atoms with Crippen molar-refractivity contribution in [3.8, 4) is 0 Å². The number of hydrogen-bond acceptors (Lipinski definition) is 3. The van der Waals surface area contributed by atoms with Gasteiger partial charge in [0.25, 0.3) is 0 Å². The van der Waals surface area contributed by atoms with E-state index in [4.69, 9.17) is 0 Å². The molecule has 44 heavy (non-hydrogen) atoms. The van der Waals surface area contributed by atoms with Crippen molar-refractivity contribution in [3.05, 3.63) is 0 Å². The monoisotopic (exact) mass is 614 g/mol. The number of piperidine rings is 1. The number of amides is 1. The smallest absolute Gasteiger partial charge is 0.237 e. The predicted molar refractivity (Wildman–Crippen MR) is 180 cm³/mol. The van der Waals surface area contributed by atoms with Crippen molar-refractivity contribution in [3.63, 3.8) is 0 Å². The molecule has 2 heterocycles. The van der Waals surface area contributed by atoms with E-state index in [1.807, 2.05) is 0 Å². The van der Waals surface area contributed by atoms with Crippen molar-refractivity contribution in [2.45, 2.75) is 203 Å². The molecule has 6 aliphatic rings. The van der Waals surface area contributed by atoms with Gasteiger partial charge >= 0.3 is 0 Å². The number of fused-ring (bicyclic) bond motifs is 1. The molecule has 5 heteroatoms. The number of carbonyl (C=O) groups is 1. The maximum atomic E-state index is 15.8. The standard InChI is InChI=1S/C39H68FN3O/c1-29-20-21-35(40)34-27-36(43-39(29,34)32-17-11-7-3-4-8-12-18-32)37(44)42-33-19-15-16-30(26-33)31-22-25-41-38(28-31)23-13-9-5-2-6-10-14-24-38/h29-36,41,43H,2-28H2,1H3,(H,42,44)/t29?,30-,31?,33+,34?,35?,36?,39?/m1/s1. The highest BCUT2D eigenvalue weighted by atomic mass is 19.1. The maximum Gasteiger partial charge on any atom is 0.237 e. The van der Waals surface area contributed by atoms with Crippen molar-refractivity contribution >= 4 is 5.91 Å². The molecule has 0 aromatic carbocycles. The molecule has 0 aromatic heterocycles. The number of halogens is 1. The molecule has 6 rings (SSSR count). The molecule has 2 saturated heterocycles. The van der Waals surface area contributed by atoms with Crippen molar-refractivity contribution in [1.29, 1.82) is 0 Å². The molecular weight excluding hydrogens is 545 g/mol. The van der Waals surface area contributed by atoms with Crippen molar-refractivity contribution in [2.75, 3.05) is 6.54 Å². The zero-order valence-electron chi connectivity index (χ0n) is 28.5. The summed E-state index contributed by atoms with van der Waals surface area (Å²) < 4.78 is 15.8. The molecule has 3 N–H and O–H groups in total. The van der Waals surface area contributed by atoms with E-state index in [-0.39, 0.29) is 23.4 Å². The molecule has 8 atom stereocenters.